The van der Waals surface area contributed by atoms with Crippen LogP contribution in [0.1, 0.15) is 65.4 Å². The van der Waals surface area contributed by atoms with Crippen LogP contribution in [0.2, 0.25) is 0 Å². The molecule has 2 amide bonds. The maximum atomic E-state index is 13.0. The van der Waals surface area contributed by atoms with E-state index in [9.17, 15) is 9.59 Å². The van der Waals surface area contributed by atoms with Crippen molar-refractivity contribution >= 4 is 23.2 Å². The smallest absolute Gasteiger partial charge is 0.225 e. The number of amides is 2. The first kappa shape index (κ1) is 23.0. The van der Waals surface area contributed by atoms with E-state index in [0.717, 1.165) is 49.2 Å². The van der Waals surface area contributed by atoms with Gasteiger partial charge in [-0.05, 0) is 49.4 Å². The molecule has 27 heavy (non-hydrogen) atoms. The van der Waals surface area contributed by atoms with Gasteiger partial charge in [-0.2, -0.15) is 0 Å². The molecule has 152 valence electrons. The highest BCUT2D eigenvalue weighted by Gasteiger charge is 2.22. The van der Waals surface area contributed by atoms with Gasteiger partial charge in [0.25, 0.3) is 0 Å². The fourth-order valence-corrected chi connectivity index (χ4v) is 3.32. The Morgan fingerprint density at radius 1 is 1.04 bits per heavy atom. The fourth-order valence-electron chi connectivity index (χ4n) is 3.32. The summed E-state index contributed by atoms with van der Waals surface area (Å²) in [5, 5.41) is 2.97. The number of carbonyl (C=O) groups excluding carboxylic acids is 2. The number of benzene rings is 1. The SMILES string of the molecule is CCCC(=O)Nc1ccc(N(C)C)c(CN(CCC)C(=O)C(CC)CC)c1. The topological polar surface area (TPSA) is 52.7 Å². The van der Waals surface area contributed by atoms with Crippen molar-refractivity contribution in [2.45, 2.75) is 66.3 Å². The largest absolute Gasteiger partial charge is 0.377 e. The summed E-state index contributed by atoms with van der Waals surface area (Å²) in [4.78, 5) is 29.0. The van der Waals surface area contributed by atoms with Crippen molar-refractivity contribution in [3.63, 3.8) is 0 Å². The molecule has 1 rings (SSSR count). The van der Waals surface area contributed by atoms with Gasteiger partial charge >= 0.3 is 0 Å². The lowest BCUT2D eigenvalue weighted by Crippen LogP contribution is -2.36. The zero-order chi connectivity index (χ0) is 20.4. The van der Waals surface area contributed by atoms with Crippen LogP contribution in [0.15, 0.2) is 18.2 Å². The molecule has 0 heterocycles. The Labute approximate surface area is 165 Å². The van der Waals surface area contributed by atoms with Crippen LogP contribution in [0.25, 0.3) is 0 Å². The van der Waals surface area contributed by atoms with Crippen LogP contribution in [0, 0.1) is 5.92 Å². The van der Waals surface area contributed by atoms with Crippen LogP contribution in [-0.2, 0) is 16.1 Å². The summed E-state index contributed by atoms with van der Waals surface area (Å²) in [6.07, 6.45) is 3.99. The van der Waals surface area contributed by atoms with Gasteiger partial charge in [-0.1, -0.05) is 27.7 Å². The van der Waals surface area contributed by atoms with E-state index in [1.54, 1.807) is 0 Å². The molecular formula is C22H37N3O2. The van der Waals surface area contributed by atoms with Crippen LogP contribution in [0.4, 0.5) is 11.4 Å². The molecule has 0 saturated carbocycles. The van der Waals surface area contributed by atoms with E-state index in [1.807, 2.05) is 44.1 Å². The summed E-state index contributed by atoms with van der Waals surface area (Å²) < 4.78 is 0. The molecule has 0 aliphatic carbocycles. The lowest BCUT2D eigenvalue weighted by molar-refractivity contribution is -0.136. The highest BCUT2D eigenvalue weighted by atomic mass is 16.2. The molecule has 1 aromatic carbocycles. The summed E-state index contributed by atoms with van der Waals surface area (Å²) in [5.41, 5.74) is 2.92. The normalized spacial score (nSPS) is 10.8. The maximum Gasteiger partial charge on any atom is 0.225 e. The molecule has 0 saturated heterocycles. The summed E-state index contributed by atoms with van der Waals surface area (Å²) in [7, 11) is 4.00. The third kappa shape index (κ3) is 6.89. The van der Waals surface area contributed by atoms with E-state index in [2.05, 4.69) is 31.0 Å². The molecule has 5 heteroatoms. The maximum absolute atomic E-state index is 13.0. The van der Waals surface area contributed by atoms with Gasteiger partial charge in [0.1, 0.15) is 0 Å². The van der Waals surface area contributed by atoms with Gasteiger partial charge in [-0.25, -0.2) is 0 Å². The molecule has 0 aromatic heterocycles. The number of rotatable bonds is 11. The molecule has 0 radical (unpaired) electrons. The van der Waals surface area contributed by atoms with Gasteiger partial charge in [-0.15, -0.1) is 0 Å². The van der Waals surface area contributed by atoms with Crippen molar-refractivity contribution in [3.05, 3.63) is 23.8 Å². The Kier molecular flexibility index (Phi) is 9.90. The Balaban J connectivity index is 3.14. The highest BCUT2D eigenvalue weighted by Crippen LogP contribution is 2.26. The van der Waals surface area contributed by atoms with Crippen LogP contribution >= 0.6 is 0 Å². The molecule has 5 nitrogen and oxygen atoms in total. The molecule has 0 unspecified atom stereocenters. The molecule has 0 aliphatic rings. The van der Waals surface area contributed by atoms with Crippen LogP contribution < -0.4 is 10.2 Å². The summed E-state index contributed by atoms with van der Waals surface area (Å²) in [5.74, 6) is 0.332. The zero-order valence-corrected chi connectivity index (χ0v) is 18.0. The second-order valence-corrected chi connectivity index (χ2v) is 7.31. The number of hydrogen-bond acceptors (Lipinski definition) is 3. The van der Waals surface area contributed by atoms with Crippen LogP contribution in [0.3, 0.4) is 0 Å². The molecule has 0 fully saturated rings. The second kappa shape index (κ2) is 11.6. The number of carbonyl (C=O) groups is 2. The third-order valence-corrected chi connectivity index (χ3v) is 4.82. The number of anilines is 2. The Bertz CT molecular complexity index is 610. The average molecular weight is 376 g/mol. The first-order chi connectivity index (χ1) is 12.9. The molecule has 0 atom stereocenters. The quantitative estimate of drug-likeness (QED) is 0.612. The minimum Gasteiger partial charge on any atom is -0.377 e. The standard InChI is InChI=1S/C22H37N3O2/c1-7-11-21(26)23-19-12-13-20(24(5)6)18(15-19)16-25(14-8-2)22(27)17(9-3)10-4/h12-13,15,17H,7-11,14,16H2,1-6H3,(H,23,26). The Morgan fingerprint density at radius 3 is 2.22 bits per heavy atom. The fraction of sp³-hybridized carbons (Fsp3) is 0.636. The highest BCUT2D eigenvalue weighted by molar-refractivity contribution is 5.91. The third-order valence-electron chi connectivity index (χ3n) is 4.82. The summed E-state index contributed by atoms with van der Waals surface area (Å²) in [6.45, 7) is 9.55. The molecule has 0 bridgehead atoms. The summed E-state index contributed by atoms with van der Waals surface area (Å²) in [6, 6.07) is 5.95. The summed E-state index contributed by atoms with van der Waals surface area (Å²) >= 11 is 0. The van der Waals surface area contributed by atoms with Crippen LogP contribution in [-0.4, -0.2) is 37.4 Å². The lowest BCUT2D eigenvalue weighted by atomic mass is 10.0. The predicted molar refractivity (Wildman–Crippen MR) is 114 cm³/mol. The van der Waals surface area contributed by atoms with Crippen molar-refractivity contribution in [2.24, 2.45) is 5.92 Å². The van der Waals surface area contributed by atoms with E-state index in [1.165, 1.54) is 0 Å². The van der Waals surface area contributed by atoms with E-state index >= 15 is 0 Å². The minimum atomic E-state index is 0.0274. The Hall–Kier alpha value is -2.04. The number of nitrogens with zero attached hydrogens (tertiary/aromatic N) is 2. The van der Waals surface area contributed by atoms with Crippen molar-refractivity contribution in [1.82, 2.24) is 4.90 Å². The van der Waals surface area contributed by atoms with E-state index < -0.39 is 0 Å². The molecule has 0 aliphatic heterocycles. The van der Waals surface area contributed by atoms with Gasteiger partial charge in [0, 0.05) is 50.9 Å². The lowest BCUT2D eigenvalue weighted by Gasteiger charge is -2.28. The predicted octanol–water partition coefficient (Wildman–Crippen LogP) is 4.67. The van der Waals surface area contributed by atoms with Crippen molar-refractivity contribution in [3.8, 4) is 0 Å². The first-order valence-electron chi connectivity index (χ1n) is 10.3. The molecule has 1 N–H and O–H groups in total. The number of nitrogens with one attached hydrogen (secondary N) is 1. The minimum absolute atomic E-state index is 0.0274. The van der Waals surface area contributed by atoms with Crippen LogP contribution in [0.5, 0.6) is 0 Å². The Morgan fingerprint density at radius 2 is 1.70 bits per heavy atom. The average Bonchev–Trinajstić information content (AvgIpc) is 2.62. The van der Waals surface area contributed by atoms with Crippen molar-refractivity contribution < 1.29 is 9.59 Å². The van der Waals surface area contributed by atoms with E-state index in [-0.39, 0.29) is 17.7 Å². The van der Waals surface area contributed by atoms with Gasteiger partial charge in [0.15, 0.2) is 0 Å². The molecule has 0 spiro atoms. The van der Waals surface area contributed by atoms with Gasteiger partial charge < -0.3 is 15.1 Å². The van der Waals surface area contributed by atoms with Gasteiger partial charge in [0.05, 0.1) is 0 Å². The number of hydrogen-bond donors (Lipinski definition) is 1. The van der Waals surface area contributed by atoms with Crippen molar-refractivity contribution in [2.75, 3.05) is 30.9 Å². The monoisotopic (exact) mass is 375 g/mol. The molecular weight excluding hydrogens is 338 g/mol. The zero-order valence-electron chi connectivity index (χ0n) is 18.0. The van der Waals surface area contributed by atoms with Crippen molar-refractivity contribution in [1.29, 1.82) is 0 Å². The van der Waals surface area contributed by atoms with E-state index in [0.29, 0.717) is 13.0 Å². The van der Waals surface area contributed by atoms with E-state index in [4.69, 9.17) is 0 Å². The second-order valence-electron chi connectivity index (χ2n) is 7.31. The van der Waals surface area contributed by atoms with Gasteiger partial charge in [0.2, 0.25) is 11.8 Å². The first-order valence-corrected chi connectivity index (χ1v) is 10.3. The van der Waals surface area contributed by atoms with Gasteiger partial charge in [-0.3, -0.25) is 9.59 Å². The molecule has 1 aromatic rings.